The molecule has 1 aliphatic heterocycles. The van der Waals surface area contributed by atoms with Crippen LogP contribution in [0.15, 0.2) is 54.4 Å². The molecule has 1 unspecified atom stereocenters. The number of aromatic carboxylic acids is 1. The molecule has 0 radical (unpaired) electrons. The Bertz CT molecular complexity index is 1040. The molecule has 4 rings (SSSR count). The van der Waals surface area contributed by atoms with Crippen molar-refractivity contribution in [2.24, 2.45) is 17.0 Å². The van der Waals surface area contributed by atoms with Gasteiger partial charge in [0.05, 0.1) is 5.56 Å². The van der Waals surface area contributed by atoms with E-state index in [1.165, 1.54) is 11.8 Å². The number of rotatable bonds is 5. The number of amides is 1. The van der Waals surface area contributed by atoms with Gasteiger partial charge in [-0.1, -0.05) is 30.3 Å². The molecule has 1 heterocycles. The number of benzene rings is 2. The molecule has 2 aromatic carbocycles. The first kappa shape index (κ1) is 20.9. The minimum atomic E-state index is -0.911. The van der Waals surface area contributed by atoms with Gasteiger partial charge in [0, 0.05) is 19.3 Å². The zero-order valence-corrected chi connectivity index (χ0v) is 17.6. The molecule has 1 saturated carbocycles. The Balaban J connectivity index is 1.42. The normalized spacial score (nSPS) is 19.9. The number of hydrogen-bond acceptors (Lipinski definition) is 5. The van der Waals surface area contributed by atoms with E-state index in [0.29, 0.717) is 24.6 Å². The zero-order chi connectivity index (χ0) is 22.2. The Morgan fingerprint density at radius 3 is 2.39 bits per heavy atom. The van der Waals surface area contributed by atoms with E-state index in [9.17, 15) is 9.59 Å². The van der Waals surface area contributed by atoms with E-state index in [4.69, 9.17) is 16.7 Å². The summed E-state index contributed by atoms with van der Waals surface area (Å²) in [6.07, 6.45) is 4.31. The van der Waals surface area contributed by atoms with Crippen molar-refractivity contribution in [3.63, 3.8) is 0 Å². The highest BCUT2D eigenvalue weighted by atomic mass is 16.4. The third kappa shape index (κ3) is 3.88. The number of carbonyl (C=O) groups is 2. The summed E-state index contributed by atoms with van der Waals surface area (Å²) in [5.74, 6) is 4.83. The van der Waals surface area contributed by atoms with Crippen LogP contribution in [0.2, 0.25) is 0 Å². The van der Waals surface area contributed by atoms with E-state index in [-0.39, 0.29) is 17.0 Å². The fraction of sp³-hybridized carbons (Fsp3) is 0.333. The maximum atomic E-state index is 12.4. The highest BCUT2D eigenvalue weighted by Crippen LogP contribution is 2.65. The third-order valence-corrected chi connectivity index (χ3v) is 6.89. The van der Waals surface area contributed by atoms with Crippen LogP contribution in [0, 0.1) is 12.3 Å². The Labute approximate surface area is 181 Å². The van der Waals surface area contributed by atoms with Crippen LogP contribution in [0.1, 0.15) is 46.7 Å². The van der Waals surface area contributed by atoms with Crippen molar-refractivity contribution in [3.8, 4) is 11.1 Å². The maximum Gasteiger partial charge on any atom is 0.335 e. The van der Waals surface area contributed by atoms with Gasteiger partial charge in [-0.2, -0.15) is 0 Å². The lowest BCUT2D eigenvalue weighted by Crippen LogP contribution is -2.44. The van der Waals surface area contributed by atoms with Crippen molar-refractivity contribution in [1.82, 2.24) is 10.3 Å². The molecule has 1 atom stereocenters. The van der Waals surface area contributed by atoms with Crippen LogP contribution in [0.3, 0.4) is 0 Å². The predicted molar refractivity (Wildman–Crippen MR) is 119 cm³/mol. The van der Waals surface area contributed by atoms with Crippen molar-refractivity contribution >= 4 is 11.9 Å². The lowest BCUT2D eigenvalue weighted by molar-refractivity contribution is -0.129. The molecular formula is C24H28N4O3. The van der Waals surface area contributed by atoms with Crippen molar-refractivity contribution in [2.75, 3.05) is 13.1 Å². The lowest BCUT2D eigenvalue weighted by atomic mass is 9.88. The molecule has 6 N–H and O–H groups in total. The Hall–Kier alpha value is -3.32. The molecule has 1 aliphatic carbocycles. The zero-order valence-electron chi connectivity index (χ0n) is 17.6. The van der Waals surface area contributed by atoms with Gasteiger partial charge in [-0.05, 0) is 71.9 Å². The number of carboxylic acid groups (broad SMARTS) is 1. The Kier molecular flexibility index (Phi) is 5.45. The minimum absolute atomic E-state index is 0.148. The third-order valence-electron chi connectivity index (χ3n) is 6.89. The van der Waals surface area contributed by atoms with Crippen LogP contribution in [-0.4, -0.2) is 35.0 Å². The molecule has 1 amide bonds. The molecule has 1 spiro atoms. The number of carbonyl (C=O) groups excluding carboxylic acids is 1. The van der Waals surface area contributed by atoms with E-state index < -0.39 is 5.97 Å². The summed E-state index contributed by atoms with van der Waals surface area (Å²) < 4.78 is 0. The van der Waals surface area contributed by atoms with Crippen LogP contribution < -0.4 is 17.0 Å². The summed E-state index contributed by atoms with van der Waals surface area (Å²) in [5.41, 5.74) is 13.0. The first-order chi connectivity index (χ1) is 14.9. The summed E-state index contributed by atoms with van der Waals surface area (Å²) in [5, 5.41) is 9.16. The van der Waals surface area contributed by atoms with E-state index in [1.807, 2.05) is 17.9 Å². The van der Waals surface area contributed by atoms with Crippen LogP contribution in [0.25, 0.3) is 11.1 Å². The number of carboxylic acids is 1. The second kappa shape index (κ2) is 8.07. The van der Waals surface area contributed by atoms with Crippen LogP contribution in [-0.2, 0) is 4.79 Å². The summed E-state index contributed by atoms with van der Waals surface area (Å²) in [7, 11) is 0. The second-order valence-electron chi connectivity index (χ2n) is 8.59. The van der Waals surface area contributed by atoms with E-state index in [1.54, 1.807) is 12.1 Å². The summed E-state index contributed by atoms with van der Waals surface area (Å²) in [6, 6.07) is 13.8. The average molecular weight is 421 g/mol. The number of nitrogens with zero attached hydrogens (tertiary/aromatic N) is 1. The second-order valence-corrected chi connectivity index (χ2v) is 8.59. The van der Waals surface area contributed by atoms with Crippen LogP contribution in [0.4, 0.5) is 0 Å². The number of piperidine rings is 1. The number of nitrogens with one attached hydrogen (secondary N) is 1. The monoisotopic (exact) mass is 420 g/mol. The fourth-order valence-corrected chi connectivity index (χ4v) is 4.89. The average Bonchev–Trinajstić information content (AvgIpc) is 3.48. The highest BCUT2D eigenvalue weighted by molar-refractivity contribution is 5.92. The number of nitrogens with two attached hydrogens (primary N) is 2. The standard InChI is InChI=1S/C24H28N4O3/c1-15-12-18(23(30)31)6-7-19(15)16-2-4-17(5-3-16)20-13-24(20)8-10-28(11-9-24)22(29)21(14-25)27-26/h2-7,12,14,20,27H,8-11,13,25-26H2,1H3,(H,30,31)/b21-14-. The van der Waals surface area contributed by atoms with Crippen LogP contribution in [0.5, 0.6) is 0 Å². The van der Waals surface area contributed by atoms with Crippen molar-refractivity contribution in [2.45, 2.75) is 32.1 Å². The maximum absolute atomic E-state index is 12.4. The number of hydrogen-bond donors (Lipinski definition) is 4. The Morgan fingerprint density at radius 1 is 1.16 bits per heavy atom. The molecule has 31 heavy (non-hydrogen) atoms. The molecule has 0 bridgehead atoms. The SMILES string of the molecule is Cc1cc(C(=O)O)ccc1-c1ccc(C2CC23CCN(C(=O)/C(=C/N)NN)CC3)cc1. The highest BCUT2D eigenvalue weighted by Gasteiger charge is 2.55. The van der Waals surface area contributed by atoms with Crippen molar-refractivity contribution in [3.05, 3.63) is 71.1 Å². The molecule has 1 saturated heterocycles. The first-order valence-corrected chi connectivity index (χ1v) is 10.5. The van der Waals surface area contributed by atoms with Gasteiger partial charge < -0.3 is 21.2 Å². The van der Waals surface area contributed by atoms with Gasteiger partial charge in [-0.15, -0.1) is 0 Å². The van der Waals surface area contributed by atoms with E-state index in [2.05, 4.69) is 29.7 Å². The summed E-state index contributed by atoms with van der Waals surface area (Å²) in [6.45, 7) is 3.36. The first-order valence-electron chi connectivity index (χ1n) is 10.5. The molecule has 2 aliphatic rings. The molecule has 2 aromatic rings. The van der Waals surface area contributed by atoms with Crippen molar-refractivity contribution < 1.29 is 14.7 Å². The minimum Gasteiger partial charge on any atom is -0.478 e. The number of aryl methyl sites for hydroxylation is 1. The molecular weight excluding hydrogens is 392 g/mol. The van der Waals surface area contributed by atoms with Gasteiger partial charge in [0.2, 0.25) is 0 Å². The van der Waals surface area contributed by atoms with Gasteiger partial charge in [0.15, 0.2) is 0 Å². The molecule has 7 heteroatoms. The van der Waals surface area contributed by atoms with Gasteiger partial charge in [-0.3, -0.25) is 10.6 Å². The predicted octanol–water partition coefficient (Wildman–Crippen LogP) is 2.72. The molecule has 2 fully saturated rings. The molecule has 0 aromatic heterocycles. The number of likely N-dealkylation sites (tertiary alicyclic amines) is 1. The van der Waals surface area contributed by atoms with Gasteiger partial charge >= 0.3 is 5.97 Å². The molecule has 7 nitrogen and oxygen atoms in total. The van der Waals surface area contributed by atoms with Gasteiger partial charge in [-0.25, -0.2) is 4.79 Å². The largest absolute Gasteiger partial charge is 0.478 e. The van der Waals surface area contributed by atoms with Crippen LogP contribution >= 0.6 is 0 Å². The fourth-order valence-electron chi connectivity index (χ4n) is 4.89. The van der Waals surface area contributed by atoms with Crippen molar-refractivity contribution in [1.29, 1.82) is 0 Å². The smallest absolute Gasteiger partial charge is 0.335 e. The molecule has 162 valence electrons. The topological polar surface area (TPSA) is 122 Å². The quantitative estimate of drug-likeness (QED) is 0.335. The van der Waals surface area contributed by atoms with E-state index in [0.717, 1.165) is 36.0 Å². The summed E-state index contributed by atoms with van der Waals surface area (Å²) >= 11 is 0. The van der Waals surface area contributed by atoms with E-state index >= 15 is 0 Å². The lowest BCUT2D eigenvalue weighted by Gasteiger charge is -2.33. The Morgan fingerprint density at radius 2 is 1.84 bits per heavy atom. The summed E-state index contributed by atoms with van der Waals surface area (Å²) in [4.78, 5) is 25.4. The van der Waals surface area contributed by atoms with Gasteiger partial charge in [0.1, 0.15) is 5.70 Å². The van der Waals surface area contributed by atoms with Gasteiger partial charge in [0.25, 0.3) is 5.91 Å². The number of hydrazine groups is 1.